The van der Waals surface area contributed by atoms with Gasteiger partial charge in [0.05, 0.1) is 6.33 Å². The van der Waals surface area contributed by atoms with E-state index in [2.05, 4.69) is 25.8 Å². The van der Waals surface area contributed by atoms with Gasteiger partial charge in [-0.3, -0.25) is 0 Å². The van der Waals surface area contributed by atoms with Crippen LogP contribution in [0.2, 0.25) is 0 Å². The average molecular weight is 224 g/mol. The van der Waals surface area contributed by atoms with Gasteiger partial charge in [0.25, 0.3) is 0 Å². The van der Waals surface area contributed by atoms with Gasteiger partial charge in [0, 0.05) is 25.5 Å². The Morgan fingerprint density at radius 3 is 2.69 bits per heavy atom. The lowest BCUT2D eigenvalue weighted by atomic mass is 9.82. The first-order chi connectivity index (χ1) is 7.57. The fourth-order valence-electron chi connectivity index (χ4n) is 1.70. The minimum absolute atomic E-state index is 0.262. The molecule has 0 amide bonds. The number of hydrogen-bond acceptors (Lipinski definition) is 2. The van der Waals surface area contributed by atoms with Gasteiger partial charge in [0.1, 0.15) is 0 Å². The molecule has 16 heavy (non-hydrogen) atoms. The van der Waals surface area contributed by atoms with Gasteiger partial charge < -0.3 is 9.67 Å². The van der Waals surface area contributed by atoms with Crippen molar-refractivity contribution in [1.82, 2.24) is 9.55 Å². The summed E-state index contributed by atoms with van der Waals surface area (Å²) in [6.45, 7) is 7.94. The van der Waals surface area contributed by atoms with Crippen molar-refractivity contribution in [3.8, 4) is 0 Å². The van der Waals surface area contributed by atoms with Gasteiger partial charge in [-0.1, -0.05) is 27.2 Å². The molecule has 1 N–H and O–H groups in total. The van der Waals surface area contributed by atoms with E-state index in [1.54, 1.807) is 6.20 Å². The molecular formula is C13H24N2O. The molecule has 3 nitrogen and oxygen atoms in total. The maximum Gasteiger partial charge on any atom is 0.0946 e. The number of rotatable bonds is 7. The van der Waals surface area contributed by atoms with E-state index >= 15 is 0 Å². The van der Waals surface area contributed by atoms with E-state index in [9.17, 15) is 5.11 Å². The van der Waals surface area contributed by atoms with Crippen LogP contribution in [0.15, 0.2) is 18.7 Å². The Balaban J connectivity index is 2.38. The summed E-state index contributed by atoms with van der Waals surface area (Å²) >= 11 is 0. The van der Waals surface area contributed by atoms with Crippen molar-refractivity contribution in [1.29, 1.82) is 0 Å². The highest BCUT2D eigenvalue weighted by Crippen LogP contribution is 2.28. The average Bonchev–Trinajstić information content (AvgIpc) is 2.77. The maximum atomic E-state index is 9.36. The van der Waals surface area contributed by atoms with Gasteiger partial charge in [0.15, 0.2) is 0 Å². The molecule has 0 aliphatic rings. The third kappa shape index (κ3) is 4.35. The molecule has 0 spiro atoms. The van der Waals surface area contributed by atoms with Crippen LogP contribution in [-0.2, 0) is 6.54 Å². The number of aliphatic hydroxyl groups excluding tert-OH is 1. The van der Waals surface area contributed by atoms with E-state index in [1.165, 1.54) is 12.8 Å². The summed E-state index contributed by atoms with van der Waals surface area (Å²) in [4.78, 5) is 4.02. The van der Waals surface area contributed by atoms with Crippen LogP contribution in [0.5, 0.6) is 0 Å². The summed E-state index contributed by atoms with van der Waals surface area (Å²) < 4.78 is 2.04. The minimum Gasteiger partial charge on any atom is -0.396 e. The lowest BCUT2D eigenvalue weighted by Crippen LogP contribution is -2.18. The SMILES string of the molecule is CCC(C)(C)CC[C@H](CO)Cn1ccnc1. The molecule has 0 aliphatic heterocycles. The molecule has 0 radical (unpaired) electrons. The number of hydrogen-bond donors (Lipinski definition) is 1. The third-order valence-electron chi connectivity index (χ3n) is 3.47. The second kappa shape index (κ2) is 6.04. The van der Waals surface area contributed by atoms with Gasteiger partial charge in [-0.05, 0) is 24.2 Å². The fraction of sp³-hybridized carbons (Fsp3) is 0.769. The Morgan fingerprint density at radius 2 is 2.19 bits per heavy atom. The maximum absolute atomic E-state index is 9.36. The van der Waals surface area contributed by atoms with Crippen LogP contribution >= 0.6 is 0 Å². The topological polar surface area (TPSA) is 38.0 Å². The summed E-state index contributed by atoms with van der Waals surface area (Å²) in [5, 5.41) is 9.36. The summed E-state index contributed by atoms with van der Waals surface area (Å²) in [6.07, 6.45) is 8.99. The number of imidazole rings is 1. The van der Waals surface area contributed by atoms with Crippen molar-refractivity contribution in [2.45, 2.75) is 46.6 Å². The van der Waals surface area contributed by atoms with Crippen LogP contribution in [0.25, 0.3) is 0 Å². The monoisotopic (exact) mass is 224 g/mol. The highest BCUT2D eigenvalue weighted by Gasteiger charge is 2.18. The predicted molar refractivity (Wildman–Crippen MR) is 66.1 cm³/mol. The first-order valence-corrected chi connectivity index (χ1v) is 6.14. The molecule has 1 heterocycles. The summed E-state index contributed by atoms with van der Waals surface area (Å²) in [6, 6.07) is 0. The molecule has 1 aromatic heterocycles. The molecular weight excluding hydrogens is 200 g/mol. The van der Waals surface area contributed by atoms with Crippen molar-refractivity contribution < 1.29 is 5.11 Å². The second-order valence-electron chi connectivity index (χ2n) is 5.36. The molecule has 3 heteroatoms. The zero-order valence-electron chi connectivity index (χ0n) is 10.7. The lowest BCUT2D eigenvalue weighted by Gasteiger charge is -2.25. The van der Waals surface area contributed by atoms with Crippen LogP contribution < -0.4 is 0 Å². The number of aliphatic hydroxyl groups is 1. The fourth-order valence-corrected chi connectivity index (χ4v) is 1.70. The molecule has 0 aromatic carbocycles. The Labute approximate surface area is 98.5 Å². The third-order valence-corrected chi connectivity index (χ3v) is 3.47. The Bertz CT molecular complexity index is 280. The molecule has 1 rings (SSSR count). The molecule has 0 aliphatic carbocycles. The second-order valence-corrected chi connectivity index (χ2v) is 5.36. The molecule has 1 aromatic rings. The van der Waals surface area contributed by atoms with E-state index in [1.807, 2.05) is 17.1 Å². The summed E-state index contributed by atoms with van der Waals surface area (Å²) in [5.74, 6) is 0.347. The highest BCUT2D eigenvalue weighted by atomic mass is 16.3. The Morgan fingerprint density at radius 1 is 1.44 bits per heavy atom. The molecule has 0 unspecified atom stereocenters. The van der Waals surface area contributed by atoms with Gasteiger partial charge in [-0.2, -0.15) is 0 Å². The Kier molecular flexibility index (Phi) is 5.00. The quantitative estimate of drug-likeness (QED) is 0.773. The van der Waals surface area contributed by atoms with E-state index in [0.29, 0.717) is 11.3 Å². The largest absolute Gasteiger partial charge is 0.396 e. The van der Waals surface area contributed by atoms with Crippen LogP contribution in [-0.4, -0.2) is 21.3 Å². The van der Waals surface area contributed by atoms with Gasteiger partial charge in [-0.15, -0.1) is 0 Å². The predicted octanol–water partition coefficient (Wildman–Crippen LogP) is 2.71. The standard InChI is InChI=1S/C13H24N2O/c1-4-13(2,3)6-5-12(10-16)9-15-8-7-14-11-15/h7-8,11-12,16H,4-6,9-10H2,1-3H3/t12-/m0/s1. The molecule has 0 bridgehead atoms. The number of aromatic nitrogens is 2. The van der Waals surface area contributed by atoms with Crippen molar-refractivity contribution in [3.05, 3.63) is 18.7 Å². The van der Waals surface area contributed by atoms with Crippen molar-refractivity contribution >= 4 is 0 Å². The van der Waals surface area contributed by atoms with Crippen LogP contribution in [0.3, 0.4) is 0 Å². The Hall–Kier alpha value is -0.830. The first kappa shape index (κ1) is 13.2. The molecule has 1 atom stereocenters. The van der Waals surface area contributed by atoms with E-state index in [4.69, 9.17) is 0 Å². The summed E-state index contributed by atoms with van der Waals surface area (Å²) in [7, 11) is 0. The normalized spacial score (nSPS) is 14.0. The molecule has 0 fully saturated rings. The molecule has 0 saturated carbocycles. The van der Waals surface area contributed by atoms with Crippen LogP contribution in [0.4, 0.5) is 0 Å². The zero-order chi connectivity index (χ0) is 12.0. The first-order valence-electron chi connectivity index (χ1n) is 6.14. The molecule has 92 valence electrons. The van der Waals surface area contributed by atoms with Crippen molar-refractivity contribution in [2.75, 3.05) is 6.61 Å². The minimum atomic E-state index is 0.262. The number of nitrogens with zero attached hydrogens (tertiary/aromatic N) is 2. The van der Waals surface area contributed by atoms with Crippen LogP contribution in [0, 0.1) is 11.3 Å². The zero-order valence-corrected chi connectivity index (χ0v) is 10.7. The summed E-state index contributed by atoms with van der Waals surface area (Å²) in [5.41, 5.74) is 0.391. The molecule has 0 saturated heterocycles. The van der Waals surface area contributed by atoms with E-state index in [-0.39, 0.29) is 6.61 Å². The van der Waals surface area contributed by atoms with Gasteiger partial charge >= 0.3 is 0 Å². The van der Waals surface area contributed by atoms with Gasteiger partial charge in [-0.25, -0.2) is 4.98 Å². The van der Waals surface area contributed by atoms with Crippen molar-refractivity contribution in [2.24, 2.45) is 11.3 Å². The van der Waals surface area contributed by atoms with Gasteiger partial charge in [0.2, 0.25) is 0 Å². The highest BCUT2D eigenvalue weighted by molar-refractivity contribution is 4.76. The van der Waals surface area contributed by atoms with Crippen LogP contribution in [0.1, 0.15) is 40.0 Å². The van der Waals surface area contributed by atoms with E-state index < -0.39 is 0 Å². The van der Waals surface area contributed by atoms with Crippen molar-refractivity contribution in [3.63, 3.8) is 0 Å². The lowest BCUT2D eigenvalue weighted by molar-refractivity contribution is 0.180. The van der Waals surface area contributed by atoms with E-state index in [0.717, 1.165) is 13.0 Å². The smallest absolute Gasteiger partial charge is 0.0946 e.